The van der Waals surface area contributed by atoms with Crippen molar-refractivity contribution in [3.8, 4) is 0 Å². The summed E-state index contributed by atoms with van der Waals surface area (Å²) in [5, 5.41) is 16.0. The number of pyridine rings is 1. The highest BCUT2D eigenvalue weighted by molar-refractivity contribution is 7.14. The third-order valence-electron chi connectivity index (χ3n) is 2.38. The van der Waals surface area contributed by atoms with Crippen LogP contribution in [0.2, 0.25) is 0 Å². The summed E-state index contributed by atoms with van der Waals surface area (Å²) in [5.41, 5.74) is 1.33. The molecule has 0 aliphatic heterocycles. The molecular formula is C12H11N3O3S. The molecule has 2 heterocycles. The van der Waals surface area contributed by atoms with Crippen LogP contribution in [0.5, 0.6) is 0 Å². The molecule has 2 aromatic heterocycles. The maximum absolute atomic E-state index is 11.8. The number of nitrogens with zero attached hydrogens (tertiary/aromatic N) is 1. The van der Waals surface area contributed by atoms with E-state index in [-0.39, 0.29) is 5.56 Å². The third-order valence-corrected chi connectivity index (χ3v) is 3.21. The first-order valence-corrected chi connectivity index (χ1v) is 6.26. The lowest BCUT2D eigenvalue weighted by molar-refractivity contribution is 0.0698. The fraction of sp³-hybridized carbons (Fsp3) is 0.0833. The molecule has 0 saturated heterocycles. The molecule has 3 N–H and O–H groups in total. The summed E-state index contributed by atoms with van der Waals surface area (Å²) in [5.74, 6) is -1.07. The van der Waals surface area contributed by atoms with Gasteiger partial charge in [0.25, 0.3) is 0 Å². The molecule has 2 amide bonds. The SMILES string of the molecule is Cc1ncccc1NC(=O)Nc1sccc1C(=O)O. The van der Waals surface area contributed by atoms with Crippen LogP contribution in [0.15, 0.2) is 29.8 Å². The van der Waals surface area contributed by atoms with E-state index < -0.39 is 12.0 Å². The van der Waals surface area contributed by atoms with E-state index in [1.807, 2.05) is 0 Å². The van der Waals surface area contributed by atoms with Gasteiger partial charge in [-0.2, -0.15) is 0 Å². The lowest BCUT2D eigenvalue weighted by atomic mass is 10.3. The molecule has 0 aliphatic carbocycles. The second-order valence-corrected chi connectivity index (χ2v) is 4.60. The van der Waals surface area contributed by atoms with E-state index in [0.29, 0.717) is 16.4 Å². The molecule has 0 aromatic carbocycles. The number of carbonyl (C=O) groups is 2. The van der Waals surface area contributed by atoms with E-state index in [1.54, 1.807) is 30.6 Å². The van der Waals surface area contributed by atoms with Gasteiger partial charge in [0.05, 0.1) is 16.9 Å². The van der Waals surface area contributed by atoms with Crippen LogP contribution in [0, 0.1) is 6.92 Å². The number of aromatic nitrogens is 1. The number of urea groups is 1. The van der Waals surface area contributed by atoms with Gasteiger partial charge in [-0.05, 0) is 30.5 Å². The van der Waals surface area contributed by atoms with Crippen molar-refractivity contribution in [2.75, 3.05) is 10.6 Å². The second kappa shape index (κ2) is 5.49. The first kappa shape index (κ1) is 13.0. The Labute approximate surface area is 113 Å². The number of nitrogens with one attached hydrogen (secondary N) is 2. The van der Waals surface area contributed by atoms with Gasteiger partial charge < -0.3 is 10.4 Å². The fourth-order valence-corrected chi connectivity index (χ4v) is 2.22. The molecule has 19 heavy (non-hydrogen) atoms. The summed E-state index contributed by atoms with van der Waals surface area (Å²) in [7, 11) is 0. The molecule has 0 spiro atoms. The van der Waals surface area contributed by atoms with Gasteiger partial charge in [0, 0.05) is 6.20 Å². The van der Waals surface area contributed by atoms with E-state index in [0.717, 1.165) is 11.3 Å². The summed E-state index contributed by atoms with van der Waals surface area (Å²) in [6.45, 7) is 1.77. The van der Waals surface area contributed by atoms with Crippen molar-refractivity contribution in [3.63, 3.8) is 0 Å². The topological polar surface area (TPSA) is 91.3 Å². The molecule has 0 bridgehead atoms. The van der Waals surface area contributed by atoms with Gasteiger partial charge in [0.2, 0.25) is 0 Å². The maximum Gasteiger partial charge on any atom is 0.338 e. The Balaban J connectivity index is 2.08. The summed E-state index contributed by atoms with van der Waals surface area (Å²) >= 11 is 1.15. The summed E-state index contributed by atoms with van der Waals surface area (Å²) < 4.78 is 0. The average Bonchev–Trinajstić information content (AvgIpc) is 2.80. The van der Waals surface area contributed by atoms with Crippen LogP contribution in [0.25, 0.3) is 0 Å². The Hall–Kier alpha value is -2.41. The fourth-order valence-electron chi connectivity index (χ4n) is 1.45. The van der Waals surface area contributed by atoms with E-state index in [2.05, 4.69) is 15.6 Å². The molecule has 0 aliphatic rings. The standard InChI is InChI=1S/C12H11N3O3S/c1-7-9(3-2-5-13-7)14-12(18)15-10-8(11(16)17)4-6-19-10/h2-6H,1H3,(H,16,17)(H2,14,15,18). The summed E-state index contributed by atoms with van der Waals surface area (Å²) in [6.07, 6.45) is 1.63. The first-order valence-electron chi connectivity index (χ1n) is 5.38. The molecule has 2 rings (SSSR count). The van der Waals surface area contributed by atoms with Crippen LogP contribution in [-0.4, -0.2) is 22.1 Å². The molecule has 2 aromatic rings. The number of hydrogen-bond donors (Lipinski definition) is 3. The molecule has 0 saturated carbocycles. The zero-order chi connectivity index (χ0) is 13.8. The van der Waals surface area contributed by atoms with Crippen molar-refractivity contribution in [1.29, 1.82) is 0 Å². The van der Waals surface area contributed by atoms with Gasteiger partial charge in [-0.1, -0.05) is 0 Å². The normalized spacial score (nSPS) is 9.95. The summed E-state index contributed by atoms with van der Waals surface area (Å²) in [6, 6.07) is 4.36. The predicted molar refractivity (Wildman–Crippen MR) is 72.9 cm³/mol. The van der Waals surface area contributed by atoms with Gasteiger partial charge in [0.15, 0.2) is 0 Å². The van der Waals surface area contributed by atoms with Gasteiger partial charge in [-0.15, -0.1) is 11.3 Å². The van der Waals surface area contributed by atoms with Crippen LogP contribution in [0.4, 0.5) is 15.5 Å². The highest BCUT2D eigenvalue weighted by Crippen LogP contribution is 2.23. The molecule has 0 unspecified atom stereocenters. The Kier molecular flexibility index (Phi) is 3.76. The minimum atomic E-state index is -1.07. The van der Waals surface area contributed by atoms with Gasteiger partial charge in [-0.3, -0.25) is 10.3 Å². The number of carboxylic acid groups (broad SMARTS) is 1. The van der Waals surface area contributed by atoms with E-state index >= 15 is 0 Å². The van der Waals surface area contributed by atoms with Crippen molar-refractivity contribution in [2.45, 2.75) is 6.92 Å². The lowest BCUT2D eigenvalue weighted by Gasteiger charge is -2.08. The largest absolute Gasteiger partial charge is 0.478 e. The number of aryl methyl sites for hydroxylation is 1. The molecule has 0 radical (unpaired) electrons. The quantitative estimate of drug-likeness (QED) is 0.804. The average molecular weight is 277 g/mol. The van der Waals surface area contributed by atoms with Gasteiger partial charge in [0.1, 0.15) is 5.00 Å². The lowest BCUT2D eigenvalue weighted by Crippen LogP contribution is -2.20. The van der Waals surface area contributed by atoms with Crippen molar-refractivity contribution < 1.29 is 14.7 Å². The van der Waals surface area contributed by atoms with E-state index in [1.165, 1.54) is 6.07 Å². The minimum absolute atomic E-state index is 0.0723. The molecule has 0 fully saturated rings. The maximum atomic E-state index is 11.8. The monoisotopic (exact) mass is 277 g/mol. The third kappa shape index (κ3) is 3.08. The van der Waals surface area contributed by atoms with Crippen LogP contribution in [0.3, 0.4) is 0 Å². The smallest absolute Gasteiger partial charge is 0.338 e. The van der Waals surface area contributed by atoms with Crippen molar-refractivity contribution in [3.05, 3.63) is 41.0 Å². The number of anilines is 2. The molecular weight excluding hydrogens is 266 g/mol. The molecule has 98 valence electrons. The van der Waals surface area contributed by atoms with Crippen molar-refractivity contribution in [2.24, 2.45) is 0 Å². The van der Waals surface area contributed by atoms with Crippen LogP contribution in [-0.2, 0) is 0 Å². The number of rotatable bonds is 3. The Morgan fingerprint density at radius 3 is 2.79 bits per heavy atom. The summed E-state index contributed by atoms with van der Waals surface area (Å²) in [4.78, 5) is 26.7. The van der Waals surface area contributed by atoms with Gasteiger partial charge >= 0.3 is 12.0 Å². The minimum Gasteiger partial charge on any atom is -0.478 e. The van der Waals surface area contributed by atoms with E-state index in [4.69, 9.17) is 5.11 Å². The second-order valence-electron chi connectivity index (χ2n) is 3.68. The van der Waals surface area contributed by atoms with Crippen LogP contribution in [0.1, 0.15) is 16.1 Å². The zero-order valence-electron chi connectivity index (χ0n) is 10.0. The number of carboxylic acids is 1. The van der Waals surface area contributed by atoms with E-state index in [9.17, 15) is 9.59 Å². The molecule has 0 atom stereocenters. The zero-order valence-corrected chi connectivity index (χ0v) is 10.8. The highest BCUT2D eigenvalue weighted by atomic mass is 32.1. The Bertz CT molecular complexity index is 624. The first-order chi connectivity index (χ1) is 9.08. The predicted octanol–water partition coefficient (Wildman–Crippen LogP) is 2.79. The Morgan fingerprint density at radius 1 is 1.32 bits per heavy atom. The Morgan fingerprint density at radius 2 is 2.11 bits per heavy atom. The van der Waals surface area contributed by atoms with Gasteiger partial charge in [-0.25, -0.2) is 9.59 Å². The number of hydrogen-bond acceptors (Lipinski definition) is 4. The molecule has 6 nitrogen and oxygen atoms in total. The number of carbonyl (C=O) groups excluding carboxylic acids is 1. The number of aromatic carboxylic acids is 1. The number of amides is 2. The van der Waals surface area contributed by atoms with Crippen molar-refractivity contribution in [1.82, 2.24) is 4.98 Å². The molecule has 7 heteroatoms. The van der Waals surface area contributed by atoms with Crippen LogP contribution < -0.4 is 10.6 Å². The number of thiophene rings is 1. The highest BCUT2D eigenvalue weighted by Gasteiger charge is 2.14. The van der Waals surface area contributed by atoms with Crippen molar-refractivity contribution >= 4 is 34.0 Å². The van der Waals surface area contributed by atoms with Crippen LogP contribution >= 0.6 is 11.3 Å².